The van der Waals surface area contributed by atoms with Crippen molar-refractivity contribution in [1.29, 1.82) is 0 Å². The first kappa shape index (κ1) is 22.8. The van der Waals surface area contributed by atoms with Crippen molar-refractivity contribution < 1.29 is 9.13 Å². The summed E-state index contributed by atoms with van der Waals surface area (Å²) in [6, 6.07) is 5.52. The van der Waals surface area contributed by atoms with Crippen LogP contribution in [0, 0.1) is 11.7 Å². The third-order valence-electron chi connectivity index (χ3n) is 5.15. The van der Waals surface area contributed by atoms with E-state index in [1.54, 1.807) is 13.1 Å². The highest BCUT2D eigenvalue weighted by Crippen LogP contribution is 2.18. The minimum absolute atomic E-state index is 0. The van der Waals surface area contributed by atoms with Crippen molar-refractivity contribution in [1.82, 2.24) is 15.5 Å². The summed E-state index contributed by atoms with van der Waals surface area (Å²) >= 11 is 3.28. The molecule has 8 heteroatoms. The van der Waals surface area contributed by atoms with Gasteiger partial charge in [-0.25, -0.2) is 4.39 Å². The van der Waals surface area contributed by atoms with Crippen LogP contribution in [0.3, 0.4) is 0 Å². The molecule has 1 unspecified atom stereocenters. The topological polar surface area (TPSA) is 48.9 Å². The van der Waals surface area contributed by atoms with Gasteiger partial charge in [0.25, 0.3) is 0 Å². The van der Waals surface area contributed by atoms with Gasteiger partial charge in [0.2, 0.25) is 0 Å². The van der Waals surface area contributed by atoms with E-state index >= 15 is 0 Å². The van der Waals surface area contributed by atoms with E-state index in [9.17, 15) is 4.39 Å². The number of piperidine rings is 1. The van der Waals surface area contributed by atoms with Gasteiger partial charge in [-0.1, -0.05) is 22.0 Å². The molecule has 0 amide bonds. The standard InChI is InChI=1S/C19H28BrFN4O.HI/c1-22-19(23-11-15-2-3-16(20)10-18(15)21)24-17-4-7-25(8-5-17)12-14-6-9-26-13-14;/h2-3,10,14,17H,4-9,11-13H2,1H3,(H2,22,23,24);1H. The van der Waals surface area contributed by atoms with Crippen molar-refractivity contribution in [3.63, 3.8) is 0 Å². The van der Waals surface area contributed by atoms with E-state index in [1.165, 1.54) is 12.5 Å². The normalized spacial score (nSPS) is 21.7. The Morgan fingerprint density at radius 2 is 2.11 bits per heavy atom. The number of rotatable bonds is 5. The fraction of sp³-hybridized carbons (Fsp3) is 0.632. The highest BCUT2D eigenvalue weighted by atomic mass is 127. The molecule has 0 spiro atoms. The van der Waals surface area contributed by atoms with Crippen LogP contribution in [0.2, 0.25) is 0 Å². The average Bonchev–Trinajstić information content (AvgIpc) is 3.14. The maximum atomic E-state index is 13.9. The minimum Gasteiger partial charge on any atom is -0.381 e. The Bertz CT molecular complexity index is 620. The lowest BCUT2D eigenvalue weighted by atomic mass is 10.0. The van der Waals surface area contributed by atoms with Crippen molar-refractivity contribution in [2.75, 3.05) is 39.9 Å². The van der Waals surface area contributed by atoms with Crippen molar-refractivity contribution in [2.24, 2.45) is 10.9 Å². The van der Waals surface area contributed by atoms with Crippen LogP contribution in [-0.2, 0) is 11.3 Å². The van der Waals surface area contributed by atoms with E-state index in [0.29, 0.717) is 24.1 Å². The zero-order chi connectivity index (χ0) is 18.4. The zero-order valence-electron chi connectivity index (χ0n) is 15.7. The molecule has 3 rings (SSSR count). The van der Waals surface area contributed by atoms with Gasteiger partial charge in [-0.05, 0) is 37.3 Å². The lowest BCUT2D eigenvalue weighted by Crippen LogP contribution is -2.49. The SMILES string of the molecule is CN=C(NCc1ccc(Br)cc1F)NC1CCN(CC2CCOC2)CC1.I. The monoisotopic (exact) mass is 554 g/mol. The molecule has 2 fully saturated rings. The molecule has 1 atom stereocenters. The quantitative estimate of drug-likeness (QED) is 0.333. The Balaban J connectivity index is 0.00000261. The molecule has 2 aliphatic rings. The van der Waals surface area contributed by atoms with Crippen molar-refractivity contribution >= 4 is 45.9 Å². The minimum atomic E-state index is -0.216. The predicted octanol–water partition coefficient (Wildman–Crippen LogP) is 3.37. The first-order valence-electron chi connectivity index (χ1n) is 9.35. The second kappa shape index (κ2) is 11.5. The van der Waals surface area contributed by atoms with Crippen LogP contribution in [0.15, 0.2) is 27.7 Å². The molecule has 0 radical (unpaired) electrons. The van der Waals surface area contributed by atoms with Crippen LogP contribution < -0.4 is 10.6 Å². The van der Waals surface area contributed by atoms with E-state index in [4.69, 9.17) is 4.74 Å². The Kier molecular flexibility index (Phi) is 9.75. The van der Waals surface area contributed by atoms with Gasteiger partial charge in [0.15, 0.2) is 5.96 Å². The second-order valence-corrected chi connectivity index (χ2v) is 8.03. The van der Waals surface area contributed by atoms with Gasteiger partial charge in [0.1, 0.15) is 5.82 Å². The van der Waals surface area contributed by atoms with E-state index in [2.05, 4.69) is 36.5 Å². The number of ether oxygens (including phenoxy) is 1. The van der Waals surface area contributed by atoms with Gasteiger partial charge in [0.05, 0.1) is 6.61 Å². The van der Waals surface area contributed by atoms with Gasteiger partial charge < -0.3 is 20.3 Å². The van der Waals surface area contributed by atoms with Gasteiger partial charge in [-0.15, -0.1) is 24.0 Å². The molecule has 2 saturated heterocycles. The summed E-state index contributed by atoms with van der Waals surface area (Å²) in [7, 11) is 1.75. The largest absolute Gasteiger partial charge is 0.381 e. The summed E-state index contributed by atoms with van der Waals surface area (Å²) in [6.07, 6.45) is 3.39. The fourth-order valence-electron chi connectivity index (χ4n) is 3.58. The number of guanidine groups is 1. The highest BCUT2D eigenvalue weighted by Gasteiger charge is 2.24. The van der Waals surface area contributed by atoms with Gasteiger partial charge >= 0.3 is 0 Å². The molecule has 152 valence electrons. The second-order valence-electron chi connectivity index (χ2n) is 7.11. The third-order valence-corrected chi connectivity index (χ3v) is 5.65. The number of benzene rings is 1. The van der Waals surface area contributed by atoms with E-state index < -0.39 is 0 Å². The molecule has 1 aromatic carbocycles. The molecule has 0 saturated carbocycles. The fourth-order valence-corrected chi connectivity index (χ4v) is 3.92. The number of hydrogen-bond donors (Lipinski definition) is 2. The summed E-state index contributed by atoms with van der Waals surface area (Å²) in [5.74, 6) is 1.22. The number of aliphatic imine (C=N–C) groups is 1. The summed E-state index contributed by atoms with van der Waals surface area (Å²) in [4.78, 5) is 6.83. The van der Waals surface area contributed by atoms with Gasteiger partial charge in [-0.2, -0.15) is 0 Å². The Morgan fingerprint density at radius 3 is 2.74 bits per heavy atom. The average molecular weight is 555 g/mol. The van der Waals surface area contributed by atoms with Crippen molar-refractivity contribution in [3.8, 4) is 0 Å². The first-order chi connectivity index (χ1) is 12.6. The summed E-state index contributed by atoms with van der Waals surface area (Å²) in [5.41, 5.74) is 0.629. The van der Waals surface area contributed by atoms with Crippen LogP contribution >= 0.6 is 39.9 Å². The maximum Gasteiger partial charge on any atom is 0.191 e. The van der Waals surface area contributed by atoms with Crippen LogP contribution in [0.1, 0.15) is 24.8 Å². The summed E-state index contributed by atoms with van der Waals surface area (Å²) in [5, 5.41) is 6.69. The number of likely N-dealkylation sites (tertiary alicyclic amines) is 1. The first-order valence-corrected chi connectivity index (χ1v) is 10.1. The third kappa shape index (κ3) is 7.14. The van der Waals surface area contributed by atoms with E-state index in [-0.39, 0.29) is 29.8 Å². The molecule has 0 bridgehead atoms. The zero-order valence-corrected chi connectivity index (χ0v) is 19.6. The van der Waals surface area contributed by atoms with Gasteiger partial charge in [0, 0.05) is 55.9 Å². The summed E-state index contributed by atoms with van der Waals surface area (Å²) in [6.45, 7) is 5.62. The Labute approximate surface area is 186 Å². The predicted molar refractivity (Wildman–Crippen MR) is 121 cm³/mol. The lowest BCUT2D eigenvalue weighted by molar-refractivity contribution is 0.150. The highest BCUT2D eigenvalue weighted by molar-refractivity contribution is 14.0. The summed E-state index contributed by atoms with van der Waals surface area (Å²) < 4.78 is 20.1. The molecule has 0 aromatic heterocycles. The maximum absolute atomic E-state index is 13.9. The molecule has 0 aliphatic carbocycles. The number of hydrogen-bond acceptors (Lipinski definition) is 3. The number of nitrogens with zero attached hydrogens (tertiary/aromatic N) is 2. The van der Waals surface area contributed by atoms with Crippen LogP contribution in [0.25, 0.3) is 0 Å². The van der Waals surface area contributed by atoms with Crippen molar-refractivity contribution in [2.45, 2.75) is 31.8 Å². The Hall–Kier alpha value is -0.450. The molecule has 27 heavy (non-hydrogen) atoms. The molecule has 5 nitrogen and oxygen atoms in total. The molecule has 2 N–H and O–H groups in total. The van der Waals surface area contributed by atoms with Crippen LogP contribution in [0.5, 0.6) is 0 Å². The smallest absolute Gasteiger partial charge is 0.191 e. The van der Waals surface area contributed by atoms with Crippen LogP contribution in [0.4, 0.5) is 4.39 Å². The lowest BCUT2D eigenvalue weighted by Gasteiger charge is -2.34. The molecular weight excluding hydrogens is 526 g/mol. The van der Waals surface area contributed by atoms with E-state index in [0.717, 1.165) is 56.1 Å². The number of halogens is 3. The Morgan fingerprint density at radius 1 is 1.33 bits per heavy atom. The van der Waals surface area contributed by atoms with Crippen LogP contribution in [-0.4, -0.2) is 56.8 Å². The van der Waals surface area contributed by atoms with E-state index in [1.807, 2.05) is 6.07 Å². The molecular formula is C19H29BrFIN4O. The molecule has 1 aromatic rings. The number of nitrogens with one attached hydrogen (secondary N) is 2. The molecule has 2 aliphatic heterocycles. The molecule has 2 heterocycles. The van der Waals surface area contributed by atoms with Crippen molar-refractivity contribution in [3.05, 3.63) is 34.1 Å². The van der Waals surface area contributed by atoms with Gasteiger partial charge in [-0.3, -0.25) is 4.99 Å².